The second-order valence-electron chi connectivity index (χ2n) is 3.49. The lowest BCUT2D eigenvalue weighted by atomic mass is 10.3. The zero-order valence-electron chi connectivity index (χ0n) is 10.1. The molecule has 2 rings (SSSR count). The fourth-order valence-corrected chi connectivity index (χ4v) is 1.96. The van der Waals surface area contributed by atoms with Crippen LogP contribution in [0.5, 0.6) is 0 Å². The maximum Gasteiger partial charge on any atom is 0.276 e. The van der Waals surface area contributed by atoms with Crippen LogP contribution in [0.3, 0.4) is 0 Å². The van der Waals surface area contributed by atoms with Gasteiger partial charge in [-0.25, -0.2) is 4.98 Å². The first-order chi connectivity index (χ1) is 8.72. The van der Waals surface area contributed by atoms with Crippen LogP contribution in [-0.4, -0.2) is 28.1 Å². The minimum absolute atomic E-state index is 0.281. The summed E-state index contributed by atoms with van der Waals surface area (Å²) in [6.07, 6.45) is 2.41. The fraction of sp³-hybridized carbons (Fsp3) is 0.273. The van der Waals surface area contributed by atoms with Crippen LogP contribution in [0.15, 0.2) is 18.3 Å². The van der Waals surface area contributed by atoms with Crippen LogP contribution < -0.4 is 10.6 Å². The van der Waals surface area contributed by atoms with Crippen LogP contribution in [-0.2, 0) is 6.42 Å². The van der Waals surface area contributed by atoms with Gasteiger partial charge in [-0.05, 0) is 18.6 Å². The molecule has 1 amide bonds. The average Bonchev–Trinajstić information content (AvgIpc) is 2.86. The molecule has 0 aliphatic rings. The predicted molar refractivity (Wildman–Crippen MR) is 71.0 cm³/mol. The number of amides is 1. The smallest absolute Gasteiger partial charge is 0.276 e. The van der Waals surface area contributed by atoms with Crippen LogP contribution >= 0.6 is 11.3 Å². The summed E-state index contributed by atoms with van der Waals surface area (Å²) in [4.78, 5) is 15.9. The first-order valence-electron chi connectivity index (χ1n) is 5.50. The number of carbonyl (C=O) groups excluding carboxylic acids is 1. The molecule has 6 nitrogen and oxygen atoms in total. The van der Waals surface area contributed by atoms with Crippen LogP contribution in [0, 0.1) is 0 Å². The second-order valence-corrected chi connectivity index (χ2v) is 4.55. The van der Waals surface area contributed by atoms with E-state index in [2.05, 4.69) is 25.8 Å². The highest BCUT2D eigenvalue weighted by Gasteiger charge is 2.10. The van der Waals surface area contributed by atoms with E-state index in [4.69, 9.17) is 0 Å². The number of rotatable bonds is 4. The van der Waals surface area contributed by atoms with E-state index in [1.807, 2.05) is 6.92 Å². The molecule has 2 aromatic heterocycles. The summed E-state index contributed by atoms with van der Waals surface area (Å²) in [6, 6.07) is 3.45. The summed E-state index contributed by atoms with van der Waals surface area (Å²) >= 11 is 1.37. The maximum absolute atomic E-state index is 11.9. The number of carbonyl (C=O) groups is 1. The number of aryl methyl sites for hydroxylation is 1. The Morgan fingerprint density at radius 1 is 1.39 bits per heavy atom. The molecule has 0 fully saturated rings. The Bertz CT molecular complexity index is 537. The van der Waals surface area contributed by atoms with Crippen molar-refractivity contribution in [1.29, 1.82) is 0 Å². The van der Waals surface area contributed by atoms with Gasteiger partial charge < -0.3 is 5.32 Å². The molecule has 2 aromatic rings. The highest BCUT2D eigenvalue weighted by Crippen LogP contribution is 2.16. The zero-order valence-corrected chi connectivity index (χ0v) is 10.9. The Labute approximate surface area is 108 Å². The summed E-state index contributed by atoms with van der Waals surface area (Å²) in [5, 5.41) is 14.8. The Kier molecular flexibility index (Phi) is 3.83. The molecule has 0 atom stereocenters. The van der Waals surface area contributed by atoms with Crippen molar-refractivity contribution >= 4 is 28.1 Å². The molecule has 2 heterocycles. The first-order valence-corrected chi connectivity index (χ1v) is 6.32. The number of hydrogen-bond acceptors (Lipinski definition) is 6. The van der Waals surface area contributed by atoms with Gasteiger partial charge in [-0.15, -0.1) is 10.2 Å². The molecule has 0 aromatic carbocycles. The molecule has 18 heavy (non-hydrogen) atoms. The highest BCUT2D eigenvalue weighted by atomic mass is 32.1. The number of hydrogen-bond donors (Lipinski definition) is 2. The SMILES string of the molecule is CCc1nnc(NC(=O)c2ccc(NC)cn2)s1. The highest BCUT2D eigenvalue weighted by molar-refractivity contribution is 7.15. The van der Waals surface area contributed by atoms with E-state index < -0.39 is 0 Å². The molecule has 94 valence electrons. The topological polar surface area (TPSA) is 79.8 Å². The van der Waals surface area contributed by atoms with E-state index in [-0.39, 0.29) is 5.91 Å². The van der Waals surface area contributed by atoms with Crippen molar-refractivity contribution in [2.45, 2.75) is 13.3 Å². The summed E-state index contributed by atoms with van der Waals surface area (Å²) in [5.41, 5.74) is 1.21. The van der Waals surface area contributed by atoms with Crippen molar-refractivity contribution in [3.63, 3.8) is 0 Å². The maximum atomic E-state index is 11.9. The Morgan fingerprint density at radius 3 is 2.78 bits per heavy atom. The van der Waals surface area contributed by atoms with Crippen molar-refractivity contribution in [1.82, 2.24) is 15.2 Å². The van der Waals surface area contributed by atoms with Gasteiger partial charge in [0, 0.05) is 7.05 Å². The lowest BCUT2D eigenvalue weighted by Crippen LogP contribution is -2.13. The third kappa shape index (κ3) is 2.80. The van der Waals surface area contributed by atoms with Gasteiger partial charge in [-0.3, -0.25) is 10.1 Å². The molecule has 0 radical (unpaired) electrons. The number of anilines is 2. The number of pyridine rings is 1. The number of nitrogens with zero attached hydrogens (tertiary/aromatic N) is 3. The predicted octanol–water partition coefficient (Wildman–Crippen LogP) is 1.79. The van der Waals surface area contributed by atoms with E-state index in [1.54, 1.807) is 25.4 Å². The summed E-state index contributed by atoms with van der Waals surface area (Å²) < 4.78 is 0. The van der Waals surface area contributed by atoms with Crippen molar-refractivity contribution < 1.29 is 4.79 Å². The quantitative estimate of drug-likeness (QED) is 0.879. The second kappa shape index (κ2) is 5.54. The van der Waals surface area contributed by atoms with Gasteiger partial charge in [-0.2, -0.15) is 0 Å². The molecule has 0 saturated carbocycles. The van der Waals surface area contributed by atoms with E-state index >= 15 is 0 Å². The molecule has 0 unspecified atom stereocenters. The van der Waals surface area contributed by atoms with E-state index in [1.165, 1.54) is 11.3 Å². The number of nitrogens with one attached hydrogen (secondary N) is 2. The minimum atomic E-state index is -0.281. The van der Waals surface area contributed by atoms with Gasteiger partial charge in [0.1, 0.15) is 10.7 Å². The van der Waals surface area contributed by atoms with Crippen molar-refractivity contribution in [2.75, 3.05) is 17.7 Å². The van der Waals surface area contributed by atoms with Gasteiger partial charge >= 0.3 is 0 Å². The molecular weight excluding hydrogens is 250 g/mol. The van der Waals surface area contributed by atoms with E-state index in [0.717, 1.165) is 17.1 Å². The lowest BCUT2D eigenvalue weighted by molar-refractivity contribution is 0.102. The third-order valence-electron chi connectivity index (χ3n) is 2.27. The monoisotopic (exact) mass is 263 g/mol. The van der Waals surface area contributed by atoms with Crippen molar-refractivity contribution in [3.8, 4) is 0 Å². The molecule has 0 aliphatic carbocycles. The molecule has 2 N–H and O–H groups in total. The number of aromatic nitrogens is 3. The molecule has 0 saturated heterocycles. The standard InChI is InChI=1S/C11H13N5OS/c1-3-9-15-16-11(18-9)14-10(17)8-5-4-7(12-2)6-13-8/h4-6,12H,3H2,1-2H3,(H,14,16,17). The van der Waals surface area contributed by atoms with Crippen LogP contribution in [0.4, 0.5) is 10.8 Å². The van der Waals surface area contributed by atoms with E-state index in [0.29, 0.717) is 10.8 Å². The van der Waals surface area contributed by atoms with E-state index in [9.17, 15) is 4.79 Å². The van der Waals surface area contributed by atoms with Crippen LogP contribution in [0.1, 0.15) is 22.4 Å². The Morgan fingerprint density at radius 2 is 2.22 bits per heavy atom. The third-order valence-corrected chi connectivity index (χ3v) is 3.26. The largest absolute Gasteiger partial charge is 0.387 e. The molecule has 0 bridgehead atoms. The molecule has 7 heteroatoms. The van der Waals surface area contributed by atoms with Crippen molar-refractivity contribution in [3.05, 3.63) is 29.0 Å². The van der Waals surface area contributed by atoms with Gasteiger partial charge in [-0.1, -0.05) is 18.3 Å². The average molecular weight is 263 g/mol. The Balaban J connectivity index is 2.06. The molecule has 0 spiro atoms. The Hall–Kier alpha value is -2.02. The lowest BCUT2D eigenvalue weighted by Gasteiger charge is -2.02. The van der Waals surface area contributed by atoms with Gasteiger partial charge in [0.15, 0.2) is 0 Å². The normalized spacial score (nSPS) is 10.1. The summed E-state index contributed by atoms with van der Waals surface area (Å²) in [7, 11) is 1.80. The summed E-state index contributed by atoms with van der Waals surface area (Å²) in [5.74, 6) is -0.281. The summed E-state index contributed by atoms with van der Waals surface area (Å²) in [6.45, 7) is 1.99. The molecular formula is C11H13N5OS. The van der Waals surface area contributed by atoms with Crippen molar-refractivity contribution in [2.24, 2.45) is 0 Å². The van der Waals surface area contributed by atoms with Gasteiger partial charge in [0.2, 0.25) is 5.13 Å². The van der Waals surface area contributed by atoms with Gasteiger partial charge in [0.05, 0.1) is 11.9 Å². The minimum Gasteiger partial charge on any atom is -0.387 e. The zero-order chi connectivity index (χ0) is 13.0. The van der Waals surface area contributed by atoms with Crippen LogP contribution in [0.25, 0.3) is 0 Å². The van der Waals surface area contributed by atoms with Crippen LogP contribution in [0.2, 0.25) is 0 Å². The first kappa shape index (κ1) is 12.4. The molecule has 0 aliphatic heterocycles. The fourth-order valence-electron chi connectivity index (χ4n) is 1.28. The van der Waals surface area contributed by atoms with Gasteiger partial charge in [0.25, 0.3) is 5.91 Å².